The van der Waals surface area contributed by atoms with E-state index in [1.807, 2.05) is 0 Å². The average Bonchev–Trinajstić information content (AvgIpc) is 2.98. The topological polar surface area (TPSA) is 185 Å². The Morgan fingerprint density at radius 1 is 0.571 bits per heavy atom. The molecule has 0 spiro atoms. The summed E-state index contributed by atoms with van der Waals surface area (Å²) in [6.07, 6.45) is 1.67. The average molecular weight is 615 g/mol. The molecule has 0 rings (SSSR count). The maximum Gasteiger partial charge on any atom is 0.320 e. The molecule has 15 heteroatoms. The van der Waals surface area contributed by atoms with Crippen molar-refractivity contribution in [1.29, 1.82) is 0 Å². The van der Waals surface area contributed by atoms with Gasteiger partial charge in [0.1, 0.15) is 12.6 Å². The van der Waals surface area contributed by atoms with E-state index in [0.29, 0.717) is 145 Å². The van der Waals surface area contributed by atoms with Crippen LogP contribution in [0.3, 0.4) is 0 Å². The van der Waals surface area contributed by atoms with Crippen molar-refractivity contribution in [2.45, 2.75) is 25.3 Å². The van der Waals surface area contributed by atoms with Gasteiger partial charge < -0.3 is 63.5 Å². The van der Waals surface area contributed by atoms with Crippen LogP contribution in [0.5, 0.6) is 0 Å². The second-order valence-electron chi connectivity index (χ2n) is 8.73. The van der Waals surface area contributed by atoms with Gasteiger partial charge in [-0.1, -0.05) is 0 Å². The summed E-state index contributed by atoms with van der Waals surface area (Å²) in [5.41, 5.74) is 5.42. The lowest BCUT2D eigenvalue weighted by Crippen LogP contribution is -2.31. The summed E-state index contributed by atoms with van der Waals surface area (Å²) in [5, 5.41) is 11.4. The molecule has 15 nitrogen and oxygen atoms in total. The number of carboxylic acids is 1. The van der Waals surface area contributed by atoms with Crippen LogP contribution in [-0.2, 0) is 57.0 Å². The molecular weight excluding hydrogens is 560 g/mol. The number of nitrogens with two attached hydrogens (primary N) is 1. The molecule has 0 radical (unpaired) electrons. The van der Waals surface area contributed by atoms with Crippen molar-refractivity contribution in [2.75, 3.05) is 139 Å². The van der Waals surface area contributed by atoms with Crippen molar-refractivity contribution >= 4 is 11.9 Å². The monoisotopic (exact) mass is 614 g/mol. The standard InChI is InChI=1S/C27H54N2O13/c1-33-6-7-34-8-9-35-10-11-36-12-13-37-14-15-38-16-17-39-18-19-40-20-21-41-22-23-42-24-26(30)29-5-3-2-4-25(28)27(31)32/h25H,2-24,28H2,1H3,(H,29,30)(H,31,32)/t25-/m0/s1. The lowest BCUT2D eigenvalue weighted by molar-refractivity contribution is -0.138. The summed E-state index contributed by atoms with van der Waals surface area (Å²) < 4.78 is 53.3. The number of carbonyl (C=O) groups is 2. The van der Waals surface area contributed by atoms with Crippen LogP contribution in [0.25, 0.3) is 0 Å². The van der Waals surface area contributed by atoms with Crippen LogP contribution < -0.4 is 11.1 Å². The maximum atomic E-state index is 11.6. The SMILES string of the molecule is COCCOCCOCCOCCOCCOCCOCCOCCOCCOCC(=O)NCCCC[C@H](N)C(=O)O. The Kier molecular flexibility index (Phi) is 32.8. The molecule has 250 valence electrons. The Morgan fingerprint density at radius 3 is 1.24 bits per heavy atom. The summed E-state index contributed by atoms with van der Waals surface area (Å²) >= 11 is 0. The van der Waals surface area contributed by atoms with Crippen molar-refractivity contribution in [2.24, 2.45) is 5.73 Å². The fourth-order valence-electron chi connectivity index (χ4n) is 2.96. The van der Waals surface area contributed by atoms with Gasteiger partial charge in [0.25, 0.3) is 0 Å². The number of unbranched alkanes of at least 4 members (excludes halogenated alkanes) is 1. The van der Waals surface area contributed by atoms with Gasteiger partial charge in [0, 0.05) is 13.7 Å². The zero-order valence-corrected chi connectivity index (χ0v) is 25.3. The van der Waals surface area contributed by atoms with Gasteiger partial charge in [-0.3, -0.25) is 9.59 Å². The molecule has 0 saturated carbocycles. The fraction of sp³-hybridized carbons (Fsp3) is 0.926. The first-order chi connectivity index (χ1) is 20.6. The molecule has 1 atom stereocenters. The van der Waals surface area contributed by atoms with E-state index in [9.17, 15) is 9.59 Å². The first-order valence-electron chi connectivity index (χ1n) is 14.5. The highest BCUT2D eigenvalue weighted by molar-refractivity contribution is 5.77. The van der Waals surface area contributed by atoms with E-state index in [0.717, 1.165) is 0 Å². The number of hydrogen-bond donors (Lipinski definition) is 3. The molecule has 0 aromatic heterocycles. The second kappa shape index (κ2) is 34.0. The molecule has 0 aliphatic carbocycles. The van der Waals surface area contributed by atoms with Crippen LogP contribution >= 0.6 is 0 Å². The van der Waals surface area contributed by atoms with Gasteiger partial charge in [0.05, 0.1) is 119 Å². The summed E-state index contributed by atoms with van der Waals surface area (Å²) in [6, 6.07) is -0.858. The summed E-state index contributed by atoms with van der Waals surface area (Å²) in [7, 11) is 1.64. The van der Waals surface area contributed by atoms with Crippen LogP contribution in [-0.4, -0.2) is 162 Å². The highest BCUT2D eigenvalue weighted by Crippen LogP contribution is 1.98. The first-order valence-corrected chi connectivity index (χ1v) is 14.5. The van der Waals surface area contributed by atoms with E-state index < -0.39 is 12.0 Å². The molecule has 0 bridgehead atoms. The molecule has 0 saturated heterocycles. The molecule has 0 fully saturated rings. The van der Waals surface area contributed by atoms with Crippen molar-refractivity contribution < 1.29 is 62.1 Å². The fourth-order valence-corrected chi connectivity index (χ4v) is 2.96. The van der Waals surface area contributed by atoms with Gasteiger partial charge in [0.2, 0.25) is 5.91 Å². The van der Waals surface area contributed by atoms with Crippen LogP contribution in [0.4, 0.5) is 0 Å². The van der Waals surface area contributed by atoms with Crippen LogP contribution in [0.1, 0.15) is 19.3 Å². The number of methoxy groups -OCH3 is 1. The number of carbonyl (C=O) groups excluding carboxylic acids is 1. The van der Waals surface area contributed by atoms with E-state index in [1.165, 1.54) is 0 Å². The summed E-state index contributed by atoms with van der Waals surface area (Å²) in [4.78, 5) is 22.3. The summed E-state index contributed by atoms with van der Waals surface area (Å²) in [5.74, 6) is -1.24. The molecule has 0 aliphatic rings. The molecule has 1 amide bonds. The van der Waals surface area contributed by atoms with Gasteiger partial charge >= 0.3 is 5.97 Å². The Bertz CT molecular complexity index is 590. The third-order valence-corrected chi connectivity index (χ3v) is 5.22. The predicted molar refractivity (Wildman–Crippen MR) is 152 cm³/mol. The lowest BCUT2D eigenvalue weighted by atomic mass is 10.1. The van der Waals surface area contributed by atoms with Crippen LogP contribution in [0.15, 0.2) is 0 Å². The zero-order chi connectivity index (χ0) is 30.8. The maximum absolute atomic E-state index is 11.6. The molecule has 0 heterocycles. The molecular formula is C27H54N2O13. The highest BCUT2D eigenvalue weighted by atomic mass is 16.6. The van der Waals surface area contributed by atoms with Crippen molar-refractivity contribution in [3.63, 3.8) is 0 Å². The summed E-state index contributed by atoms with van der Waals surface area (Å²) in [6.45, 7) is 9.06. The minimum atomic E-state index is -1.01. The molecule has 0 aliphatic heterocycles. The van der Waals surface area contributed by atoms with Gasteiger partial charge in [-0.05, 0) is 19.3 Å². The number of nitrogens with one attached hydrogen (secondary N) is 1. The van der Waals surface area contributed by atoms with Crippen LogP contribution in [0.2, 0.25) is 0 Å². The lowest BCUT2D eigenvalue weighted by Gasteiger charge is -2.09. The Morgan fingerprint density at radius 2 is 0.905 bits per heavy atom. The second-order valence-corrected chi connectivity index (χ2v) is 8.73. The van der Waals surface area contributed by atoms with Crippen molar-refractivity contribution in [3.05, 3.63) is 0 Å². The third kappa shape index (κ3) is 33.0. The minimum Gasteiger partial charge on any atom is -0.480 e. The Balaban J connectivity index is 3.14. The molecule has 0 aromatic rings. The quantitative estimate of drug-likeness (QED) is 0.0775. The number of aliphatic carboxylic acids is 1. The smallest absolute Gasteiger partial charge is 0.320 e. The highest BCUT2D eigenvalue weighted by Gasteiger charge is 2.10. The Labute approximate surface area is 249 Å². The predicted octanol–water partition coefficient (Wildman–Crippen LogP) is -0.519. The normalized spacial score (nSPS) is 12.0. The molecule has 0 unspecified atom stereocenters. The largest absolute Gasteiger partial charge is 0.480 e. The number of hydrogen-bond acceptors (Lipinski definition) is 13. The third-order valence-electron chi connectivity index (χ3n) is 5.22. The van der Waals surface area contributed by atoms with Crippen LogP contribution in [0, 0.1) is 0 Å². The first kappa shape index (κ1) is 40.5. The molecule has 42 heavy (non-hydrogen) atoms. The van der Waals surface area contributed by atoms with Crippen molar-refractivity contribution in [3.8, 4) is 0 Å². The molecule has 4 N–H and O–H groups in total. The van der Waals surface area contributed by atoms with Crippen molar-refractivity contribution in [1.82, 2.24) is 5.32 Å². The van der Waals surface area contributed by atoms with Gasteiger partial charge in [-0.2, -0.15) is 0 Å². The van der Waals surface area contributed by atoms with Gasteiger partial charge in [0.15, 0.2) is 0 Å². The van der Waals surface area contributed by atoms with Gasteiger partial charge in [-0.15, -0.1) is 0 Å². The number of ether oxygens (including phenoxy) is 10. The van der Waals surface area contributed by atoms with E-state index in [4.69, 9.17) is 58.2 Å². The molecule has 0 aromatic carbocycles. The van der Waals surface area contributed by atoms with E-state index >= 15 is 0 Å². The van der Waals surface area contributed by atoms with E-state index in [1.54, 1.807) is 7.11 Å². The Hall–Kier alpha value is -1.50. The van der Waals surface area contributed by atoms with E-state index in [-0.39, 0.29) is 12.5 Å². The minimum absolute atomic E-state index is 0.0538. The van der Waals surface area contributed by atoms with E-state index in [2.05, 4.69) is 5.32 Å². The zero-order valence-electron chi connectivity index (χ0n) is 25.3. The number of carboxylic acid groups (broad SMARTS) is 1. The number of rotatable bonds is 35. The number of amides is 1. The van der Waals surface area contributed by atoms with Gasteiger partial charge in [-0.25, -0.2) is 0 Å².